The van der Waals surface area contributed by atoms with Gasteiger partial charge in [0.05, 0.1) is 21.9 Å². The molecule has 0 aliphatic heterocycles. The van der Waals surface area contributed by atoms with E-state index in [-0.39, 0.29) is 22.4 Å². The Morgan fingerprint density at radius 3 is 2.19 bits per heavy atom. The Hall–Kier alpha value is -1.15. The summed E-state index contributed by atoms with van der Waals surface area (Å²) in [6.07, 6.45) is 0.473. The van der Waals surface area contributed by atoms with E-state index in [2.05, 4.69) is 9.37 Å². The molecule has 21 heavy (non-hydrogen) atoms. The Morgan fingerprint density at radius 2 is 1.81 bits per heavy atom. The van der Waals surface area contributed by atoms with Crippen LogP contribution in [0.1, 0.15) is 63.1 Å². The van der Waals surface area contributed by atoms with Gasteiger partial charge in [0.25, 0.3) is 5.69 Å². The number of rotatable bonds is 7. The van der Waals surface area contributed by atoms with E-state index >= 15 is 0 Å². The van der Waals surface area contributed by atoms with Gasteiger partial charge < -0.3 is 5.26 Å². The molecule has 0 atom stereocenters. The van der Waals surface area contributed by atoms with Gasteiger partial charge in [-0.3, -0.25) is 15.2 Å². The Bertz CT molecular complexity index is 517. The summed E-state index contributed by atoms with van der Waals surface area (Å²) in [5.74, 6) is 0.176. The van der Waals surface area contributed by atoms with Crippen LogP contribution in [0.15, 0.2) is 11.0 Å². The highest BCUT2D eigenvalue weighted by Crippen LogP contribution is 2.42. The van der Waals surface area contributed by atoms with Crippen LogP contribution in [0.3, 0.4) is 0 Å². The van der Waals surface area contributed by atoms with Gasteiger partial charge in [0.2, 0.25) is 0 Å². The number of nitrogens with zero attached hydrogens (tertiary/aromatic N) is 1. The van der Waals surface area contributed by atoms with E-state index in [1.807, 2.05) is 40.7 Å². The van der Waals surface area contributed by atoms with Crippen LogP contribution < -0.4 is 5.26 Å². The van der Waals surface area contributed by atoms with E-state index in [0.29, 0.717) is 22.4 Å². The molecular weight excluding hydrogens is 294 g/mol. The zero-order chi connectivity index (χ0) is 16.2. The summed E-state index contributed by atoms with van der Waals surface area (Å²) in [5, 5.41) is 25.0. The maximum Gasteiger partial charge on any atom is 0.277 e. The van der Waals surface area contributed by atoms with Crippen molar-refractivity contribution in [3.8, 4) is 0 Å². The highest BCUT2D eigenvalue weighted by atomic mass is 32.2. The lowest BCUT2D eigenvalue weighted by molar-refractivity contribution is -0.777. The molecule has 0 fully saturated rings. The molecule has 1 rings (SSSR count). The van der Waals surface area contributed by atoms with Crippen molar-refractivity contribution in [2.24, 2.45) is 0 Å². The first-order valence-corrected chi connectivity index (χ1v) is 7.56. The first kappa shape index (κ1) is 17.9. The second-order valence-electron chi connectivity index (χ2n) is 5.35. The van der Waals surface area contributed by atoms with Crippen molar-refractivity contribution in [3.05, 3.63) is 32.9 Å². The van der Waals surface area contributed by atoms with Crippen LogP contribution in [0.5, 0.6) is 0 Å². The van der Waals surface area contributed by atoms with Crippen molar-refractivity contribution in [1.82, 2.24) is 0 Å². The minimum Gasteiger partial charge on any atom is -0.691 e. The van der Waals surface area contributed by atoms with Gasteiger partial charge in [-0.05, 0) is 29.9 Å². The second kappa shape index (κ2) is 7.74. The maximum absolute atomic E-state index is 11.5. The molecule has 0 spiro atoms. The van der Waals surface area contributed by atoms with Crippen molar-refractivity contribution in [2.45, 2.75) is 57.8 Å². The van der Waals surface area contributed by atoms with Crippen LogP contribution in [0.25, 0.3) is 0 Å². The summed E-state index contributed by atoms with van der Waals surface area (Å²) < 4.78 is 4.43. The Morgan fingerprint density at radius 1 is 1.24 bits per heavy atom. The van der Waals surface area contributed by atoms with Crippen LogP contribution in [-0.2, 0) is 15.8 Å². The van der Waals surface area contributed by atoms with Crippen LogP contribution in [0, 0.1) is 10.1 Å². The topological polar surface area (TPSA) is 84.7 Å². The van der Waals surface area contributed by atoms with Gasteiger partial charge in [0.1, 0.15) is 0 Å². The largest absolute Gasteiger partial charge is 0.691 e. The SMILES string of the molecule is CCc1c(SOO[O-])c(C(C)C)cc(C(C)C)c1[N+](=O)[O-]. The van der Waals surface area contributed by atoms with Crippen LogP contribution in [-0.4, -0.2) is 4.92 Å². The molecule has 1 aromatic carbocycles. The molecule has 0 saturated carbocycles. The normalized spacial score (nSPS) is 11.4. The second-order valence-corrected chi connectivity index (χ2v) is 6.06. The van der Waals surface area contributed by atoms with Gasteiger partial charge in [0, 0.05) is 11.1 Å². The van der Waals surface area contributed by atoms with E-state index in [9.17, 15) is 15.4 Å². The van der Waals surface area contributed by atoms with E-state index in [1.54, 1.807) is 0 Å². The van der Waals surface area contributed by atoms with E-state index in [1.165, 1.54) is 0 Å². The van der Waals surface area contributed by atoms with Crippen molar-refractivity contribution >= 4 is 17.7 Å². The van der Waals surface area contributed by atoms with Crippen LogP contribution in [0.4, 0.5) is 5.69 Å². The molecule has 0 aliphatic rings. The molecule has 7 heteroatoms. The zero-order valence-electron chi connectivity index (χ0n) is 12.8. The number of nitro benzene ring substituents is 1. The van der Waals surface area contributed by atoms with Crippen LogP contribution in [0.2, 0.25) is 0 Å². The Labute approximate surface area is 128 Å². The third-order valence-electron chi connectivity index (χ3n) is 3.33. The van der Waals surface area contributed by atoms with Gasteiger partial charge in [-0.25, -0.2) is 0 Å². The van der Waals surface area contributed by atoms with Crippen molar-refractivity contribution in [2.75, 3.05) is 0 Å². The molecule has 0 saturated heterocycles. The summed E-state index contributed by atoms with van der Waals surface area (Å²) in [4.78, 5) is 11.7. The maximum atomic E-state index is 11.5. The molecule has 0 radical (unpaired) electrons. The predicted molar refractivity (Wildman–Crippen MR) is 78.7 cm³/mol. The molecular formula is C14H20NO5S-. The van der Waals surface area contributed by atoms with Gasteiger partial charge in [-0.2, -0.15) is 4.33 Å². The lowest BCUT2D eigenvalue weighted by atomic mass is 9.90. The number of nitro groups is 1. The van der Waals surface area contributed by atoms with E-state index < -0.39 is 0 Å². The van der Waals surface area contributed by atoms with Gasteiger partial charge >= 0.3 is 0 Å². The van der Waals surface area contributed by atoms with Crippen molar-refractivity contribution in [1.29, 1.82) is 0 Å². The van der Waals surface area contributed by atoms with Gasteiger partial charge in [-0.1, -0.05) is 34.6 Å². The Kier molecular flexibility index (Phi) is 6.60. The van der Waals surface area contributed by atoms with E-state index in [0.717, 1.165) is 17.6 Å². The average molecular weight is 314 g/mol. The fraction of sp³-hybridized carbons (Fsp3) is 0.571. The Balaban J connectivity index is 3.66. The minimum atomic E-state index is -0.361. The lowest BCUT2D eigenvalue weighted by Crippen LogP contribution is -2.08. The number of hydrogen-bond acceptors (Lipinski definition) is 6. The van der Waals surface area contributed by atoms with Crippen LogP contribution >= 0.6 is 12.0 Å². The average Bonchev–Trinajstić information content (AvgIpc) is 2.42. The minimum absolute atomic E-state index is 0.0314. The van der Waals surface area contributed by atoms with E-state index in [4.69, 9.17) is 0 Å². The molecule has 0 unspecified atom stereocenters. The molecule has 0 aliphatic carbocycles. The molecule has 6 nitrogen and oxygen atoms in total. The van der Waals surface area contributed by atoms with Gasteiger partial charge in [0.15, 0.2) is 0 Å². The number of benzene rings is 1. The monoisotopic (exact) mass is 314 g/mol. The van der Waals surface area contributed by atoms with Crippen molar-refractivity contribution < 1.29 is 19.6 Å². The standard InChI is InChI=1S/C14H21NO5S/c1-6-10-13(15(16)17)11(8(2)3)7-12(9(4)5)14(10)21-20-19-18/h7-9,18H,6H2,1-5H3/p-1. The molecule has 0 amide bonds. The zero-order valence-corrected chi connectivity index (χ0v) is 13.7. The third kappa shape index (κ3) is 3.94. The van der Waals surface area contributed by atoms with Gasteiger partial charge in [-0.15, -0.1) is 0 Å². The predicted octanol–water partition coefficient (Wildman–Crippen LogP) is 3.63. The highest BCUT2D eigenvalue weighted by molar-refractivity contribution is 7.94. The smallest absolute Gasteiger partial charge is 0.277 e. The summed E-state index contributed by atoms with van der Waals surface area (Å²) in [6.45, 7) is 9.68. The molecule has 0 N–H and O–H groups in total. The first-order valence-electron chi connectivity index (χ1n) is 6.82. The summed E-state index contributed by atoms with van der Waals surface area (Å²) >= 11 is 0.739. The highest BCUT2D eigenvalue weighted by Gasteiger charge is 2.28. The number of hydrogen-bond donors (Lipinski definition) is 0. The van der Waals surface area contributed by atoms with Crippen molar-refractivity contribution in [3.63, 3.8) is 0 Å². The summed E-state index contributed by atoms with van der Waals surface area (Å²) in [5.41, 5.74) is 2.31. The molecule has 0 heterocycles. The molecule has 0 bridgehead atoms. The molecule has 1 aromatic rings. The molecule has 0 aromatic heterocycles. The molecule has 118 valence electrons. The fourth-order valence-electron chi connectivity index (χ4n) is 2.32. The quantitative estimate of drug-likeness (QED) is 0.330. The lowest BCUT2D eigenvalue weighted by Gasteiger charge is -2.20. The summed E-state index contributed by atoms with van der Waals surface area (Å²) in [7, 11) is 0. The summed E-state index contributed by atoms with van der Waals surface area (Å²) in [6, 6.07) is 1.84. The fourth-order valence-corrected chi connectivity index (χ4v) is 3.14. The third-order valence-corrected chi connectivity index (χ3v) is 4.10. The first-order chi connectivity index (χ1) is 9.84.